The molecule has 1 atom stereocenters. The van der Waals surface area contributed by atoms with Gasteiger partial charge in [0.15, 0.2) is 0 Å². The van der Waals surface area contributed by atoms with Crippen LogP contribution in [0.5, 0.6) is 11.5 Å². The maximum absolute atomic E-state index is 5.43. The van der Waals surface area contributed by atoms with Gasteiger partial charge >= 0.3 is 0 Å². The minimum atomic E-state index is 0.202. The minimum absolute atomic E-state index is 0.202. The van der Waals surface area contributed by atoms with Crippen LogP contribution >= 0.6 is 0 Å². The van der Waals surface area contributed by atoms with Crippen LogP contribution in [0.4, 0.5) is 5.69 Å². The van der Waals surface area contributed by atoms with Crippen LogP contribution < -0.4 is 14.8 Å². The zero-order valence-electron chi connectivity index (χ0n) is 13.4. The Morgan fingerprint density at radius 2 is 1.71 bits per heavy atom. The highest BCUT2D eigenvalue weighted by molar-refractivity contribution is 5.60. The van der Waals surface area contributed by atoms with E-state index in [1.165, 1.54) is 16.7 Å². The maximum atomic E-state index is 5.43. The largest absolute Gasteiger partial charge is 0.497 e. The van der Waals surface area contributed by atoms with Crippen molar-refractivity contribution in [2.45, 2.75) is 26.8 Å². The van der Waals surface area contributed by atoms with Crippen molar-refractivity contribution >= 4 is 5.69 Å². The summed E-state index contributed by atoms with van der Waals surface area (Å²) in [6.45, 7) is 6.41. The van der Waals surface area contributed by atoms with Crippen LogP contribution in [0.15, 0.2) is 36.4 Å². The Hall–Kier alpha value is -2.16. The summed E-state index contributed by atoms with van der Waals surface area (Å²) in [6.07, 6.45) is 0. The van der Waals surface area contributed by atoms with Crippen LogP contribution in [-0.2, 0) is 0 Å². The molecule has 0 saturated heterocycles. The Kier molecular flexibility index (Phi) is 4.73. The van der Waals surface area contributed by atoms with Gasteiger partial charge in [-0.3, -0.25) is 0 Å². The van der Waals surface area contributed by atoms with E-state index in [1.54, 1.807) is 14.2 Å². The fourth-order valence-electron chi connectivity index (χ4n) is 2.54. The third-order valence-electron chi connectivity index (χ3n) is 3.67. The van der Waals surface area contributed by atoms with Crippen molar-refractivity contribution < 1.29 is 9.47 Å². The predicted molar refractivity (Wildman–Crippen MR) is 87.5 cm³/mol. The van der Waals surface area contributed by atoms with E-state index in [1.807, 2.05) is 18.2 Å². The highest BCUT2D eigenvalue weighted by Gasteiger charge is 2.11. The average molecular weight is 285 g/mol. The molecular formula is C18H23NO2. The van der Waals surface area contributed by atoms with E-state index in [9.17, 15) is 0 Å². The first-order valence-electron chi connectivity index (χ1n) is 7.11. The fourth-order valence-corrected chi connectivity index (χ4v) is 2.54. The molecule has 2 rings (SSSR count). The van der Waals surface area contributed by atoms with Gasteiger partial charge in [-0.25, -0.2) is 0 Å². The number of benzene rings is 2. The summed E-state index contributed by atoms with van der Waals surface area (Å²) >= 11 is 0. The lowest BCUT2D eigenvalue weighted by molar-refractivity contribution is 0.395. The smallest absolute Gasteiger partial charge is 0.145 e. The second-order valence-corrected chi connectivity index (χ2v) is 5.29. The molecule has 0 fully saturated rings. The van der Waals surface area contributed by atoms with E-state index in [-0.39, 0.29) is 6.04 Å². The second kappa shape index (κ2) is 6.53. The average Bonchev–Trinajstić information content (AvgIpc) is 2.47. The number of nitrogens with one attached hydrogen (secondary N) is 1. The molecule has 0 radical (unpaired) electrons. The highest BCUT2D eigenvalue weighted by Crippen LogP contribution is 2.32. The van der Waals surface area contributed by atoms with Gasteiger partial charge in [0.1, 0.15) is 11.5 Å². The Bertz CT molecular complexity index is 623. The van der Waals surface area contributed by atoms with Crippen LogP contribution in [-0.4, -0.2) is 14.2 Å². The Morgan fingerprint density at radius 3 is 2.33 bits per heavy atom. The van der Waals surface area contributed by atoms with Crippen molar-refractivity contribution in [1.82, 2.24) is 0 Å². The zero-order valence-corrected chi connectivity index (χ0v) is 13.4. The number of rotatable bonds is 5. The lowest BCUT2D eigenvalue weighted by Gasteiger charge is -2.20. The number of anilines is 1. The molecule has 3 heteroatoms. The number of ether oxygens (including phenoxy) is 2. The number of methoxy groups -OCH3 is 2. The Labute approximate surface area is 126 Å². The van der Waals surface area contributed by atoms with Crippen molar-refractivity contribution in [2.24, 2.45) is 0 Å². The van der Waals surface area contributed by atoms with Crippen molar-refractivity contribution in [2.75, 3.05) is 19.5 Å². The van der Waals surface area contributed by atoms with Crippen molar-refractivity contribution in [3.8, 4) is 11.5 Å². The van der Waals surface area contributed by atoms with Gasteiger partial charge in [-0.2, -0.15) is 0 Å². The monoisotopic (exact) mass is 285 g/mol. The molecule has 0 amide bonds. The molecule has 112 valence electrons. The molecule has 1 unspecified atom stereocenters. The van der Waals surface area contributed by atoms with Crippen LogP contribution in [0.2, 0.25) is 0 Å². The summed E-state index contributed by atoms with van der Waals surface area (Å²) in [4.78, 5) is 0. The number of hydrogen-bond donors (Lipinski definition) is 1. The van der Waals surface area contributed by atoms with Crippen molar-refractivity contribution in [1.29, 1.82) is 0 Å². The molecule has 21 heavy (non-hydrogen) atoms. The molecule has 0 aliphatic rings. The molecule has 0 aliphatic heterocycles. The van der Waals surface area contributed by atoms with Gasteiger partial charge in [0.2, 0.25) is 0 Å². The van der Waals surface area contributed by atoms with Crippen LogP contribution in [0.25, 0.3) is 0 Å². The maximum Gasteiger partial charge on any atom is 0.145 e. The van der Waals surface area contributed by atoms with Gasteiger partial charge in [0.25, 0.3) is 0 Å². The van der Waals surface area contributed by atoms with Crippen LogP contribution in [0.1, 0.15) is 29.7 Å². The van der Waals surface area contributed by atoms with E-state index in [0.717, 1.165) is 17.2 Å². The molecule has 3 nitrogen and oxygen atoms in total. The summed E-state index contributed by atoms with van der Waals surface area (Å²) < 4.78 is 10.7. The van der Waals surface area contributed by atoms with Gasteiger partial charge in [-0.05, 0) is 44.0 Å². The first kappa shape index (κ1) is 15.2. The first-order valence-corrected chi connectivity index (χ1v) is 7.11. The predicted octanol–water partition coefficient (Wildman–Crippen LogP) is 4.49. The molecular weight excluding hydrogens is 262 g/mol. The van der Waals surface area contributed by atoms with Crippen LogP contribution in [0, 0.1) is 13.8 Å². The Morgan fingerprint density at radius 1 is 0.952 bits per heavy atom. The van der Waals surface area contributed by atoms with Gasteiger partial charge in [0, 0.05) is 12.1 Å². The van der Waals surface area contributed by atoms with Gasteiger partial charge in [-0.1, -0.05) is 23.8 Å². The van der Waals surface area contributed by atoms with E-state index in [4.69, 9.17) is 9.47 Å². The molecule has 0 bridgehead atoms. The van der Waals surface area contributed by atoms with E-state index in [2.05, 4.69) is 44.3 Å². The van der Waals surface area contributed by atoms with Gasteiger partial charge < -0.3 is 14.8 Å². The van der Waals surface area contributed by atoms with E-state index < -0.39 is 0 Å². The number of hydrogen-bond acceptors (Lipinski definition) is 3. The van der Waals surface area contributed by atoms with Crippen molar-refractivity contribution in [3.05, 3.63) is 53.1 Å². The van der Waals surface area contributed by atoms with E-state index >= 15 is 0 Å². The molecule has 2 aromatic carbocycles. The SMILES string of the molecule is COc1ccc(NC(C)c2ccc(C)cc2C)c(OC)c1. The number of aryl methyl sites for hydroxylation is 2. The molecule has 0 saturated carbocycles. The summed E-state index contributed by atoms with van der Waals surface area (Å²) in [5.74, 6) is 1.57. The fraction of sp³-hybridized carbons (Fsp3) is 0.333. The summed E-state index contributed by atoms with van der Waals surface area (Å²) in [6, 6.07) is 12.5. The summed E-state index contributed by atoms with van der Waals surface area (Å²) in [5.41, 5.74) is 4.83. The highest BCUT2D eigenvalue weighted by atomic mass is 16.5. The zero-order chi connectivity index (χ0) is 15.4. The third-order valence-corrected chi connectivity index (χ3v) is 3.67. The standard InChI is InChI=1S/C18H23NO2/c1-12-6-8-16(13(2)10-12)14(3)19-17-9-7-15(20-4)11-18(17)21-5/h6-11,14,19H,1-5H3. The summed E-state index contributed by atoms with van der Waals surface area (Å²) in [5, 5.41) is 3.51. The molecule has 2 aromatic rings. The van der Waals surface area contributed by atoms with Gasteiger partial charge in [0.05, 0.1) is 19.9 Å². The molecule has 0 aliphatic carbocycles. The summed E-state index contributed by atoms with van der Waals surface area (Å²) in [7, 11) is 3.32. The third kappa shape index (κ3) is 3.48. The molecule has 0 spiro atoms. The van der Waals surface area contributed by atoms with Crippen LogP contribution in [0.3, 0.4) is 0 Å². The van der Waals surface area contributed by atoms with Gasteiger partial charge in [-0.15, -0.1) is 0 Å². The van der Waals surface area contributed by atoms with Crippen molar-refractivity contribution in [3.63, 3.8) is 0 Å². The lowest BCUT2D eigenvalue weighted by Crippen LogP contribution is -2.09. The Balaban J connectivity index is 2.24. The van der Waals surface area contributed by atoms with E-state index in [0.29, 0.717) is 0 Å². The topological polar surface area (TPSA) is 30.5 Å². The quantitative estimate of drug-likeness (QED) is 0.877. The second-order valence-electron chi connectivity index (χ2n) is 5.29. The normalized spacial score (nSPS) is 11.9. The molecule has 0 aromatic heterocycles. The molecule has 1 N–H and O–H groups in total. The first-order chi connectivity index (χ1) is 10.0. The lowest BCUT2D eigenvalue weighted by atomic mass is 10.00. The minimum Gasteiger partial charge on any atom is -0.497 e. The molecule has 0 heterocycles.